The molecule has 0 aromatic carbocycles. The molecule has 0 radical (unpaired) electrons. The van der Waals surface area contributed by atoms with E-state index in [4.69, 9.17) is 0 Å². The summed E-state index contributed by atoms with van der Waals surface area (Å²) >= 11 is 0. The monoisotopic (exact) mass is 164 g/mol. The molecule has 12 heavy (non-hydrogen) atoms. The van der Waals surface area contributed by atoms with Gasteiger partial charge in [-0.05, 0) is 12.1 Å². The van der Waals surface area contributed by atoms with Crippen LogP contribution in [0.1, 0.15) is 0 Å². The van der Waals surface area contributed by atoms with E-state index in [2.05, 4.69) is 4.98 Å². The summed E-state index contributed by atoms with van der Waals surface area (Å²) in [4.78, 5) is 14.6. The fraction of sp³-hybridized carbons (Fsp3) is 0. The average molecular weight is 164 g/mol. The van der Waals surface area contributed by atoms with E-state index in [1.165, 1.54) is 4.40 Å². The number of nitrogens with zero attached hydrogens (tertiary/aromatic N) is 2. The van der Waals surface area contributed by atoms with E-state index in [-0.39, 0.29) is 0 Å². The molecule has 2 aromatic heterocycles. The van der Waals surface area contributed by atoms with Gasteiger partial charge in [-0.2, -0.15) is 4.39 Å². The Labute approximate surface area is 67.1 Å². The average Bonchev–Trinajstić information content (AvgIpc) is 2.04. The highest BCUT2D eigenvalue weighted by molar-refractivity contribution is 5.36. The molecule has 0 atom stereocenters. The van der Waals surface area contributed by atoms with Crippen LogP contribution >= 0.6 is 0 Å². The van der Waals surface area contributed by atoms with Crippen LogP contribution in [-0.4, -0.2) is 9.38 Å². The summed E-state index contributed by atoms with van der Waals surface area (Å²) in [5.74, 6) is -0.744. The summed E-state index contributed by atoms with van der Waals surface area (Å²) in [6, 6.07) is 5.81. The van der Waals surface area contributed by atoms with Crippen molar-refractivity contribution in [3.63, 3.8) is 0 Å². The standard InChI is InChI=1S/C8H5FN2O/c9-6-5-8(12)11-4-2-1-3-7(11)10-6/h1-5H. The second-order valence-corrected chi connectivity index (χ2v) is 2.35. The Balaban J connectivity index is 2.99. The van der Waals surface area contributed by atoms with Crippen molar-refractivity contribution in [2.75, 3.05) is 0 Å². The van der Waals surface area contributed by atoms with Gasteiger partial charge in [-0.15, -0.1) is 0 Å². The van der Waals surface area contributed by atoms with E-state index in [1.807, 2.05) is 0 Å². The van der Waals surface area contributed by atoms with Gasteiger partial charge in [0.25, 0.3) is 5.56 Å². The van der Waals surface area contributed by atoms with Crippen LogP contribution in [0.25, 0.3) is 5.65 Å². The minimum absolute atomic E-state index is 0.322. The van der Waals surface area contributed by atoms with Crippen molar-refractivity contribution in [2.45, 2.75) is 0 Å². The number of hydrogen-bond acceptors (Lipinski definition) is 2. The third-order valence-corrected chi connectivity index (χ3v) is 1.54. The van der Waals surface area contributed by atoms with E-state index in [9.17, 15) is 9.18 Å². The molecule has 0 N–H and O–H groups in total. The number of fused-ring (bicyclic) bond motifs is 1. The molecule has 0 aliphatic heterocycles. The van der Waals surface area contributed by atoms with Gasteiger partial charge < -0.3 is 0 Å². The highest BCUT2D eigenvalue weighted by atomic mass is 19.1. The fourth-order valence-electron chi connectivity index (χ4n) is 1.02. The van der Waals surface area contributed by atoms with E-state index < -0.39 is 11.5 Å². The molecule has 2 heterocycles. The first-order valence-corrected chi connectivity index (χ1v) is 3.41. The molecule has 0 aliphatic carbocycles. The molecule has 0 unspecified atom stereocenters. The number of hydrogen-bond donors (Lipinski definition) is 0. The maximum absolute atomic E-state index is 12.6. The molecule has 0 fully saturated rings. The number of pyridine rings is 1. The lowest BCUT2D eigenvalue weighted by molar-refractivity contribution is 0.581. The van der Waals surface area contributed by atoms with Crippen LogP contribution in [0.4, 0.5) is 4.39 Å². The third kappa shape index (κ3) is 0.972. The van der Waals surface area contributed by atoms with Crippen molar-refractivity contribution in [3.05, 3.63) is 46.8 Å². The molecule has 0 saturated heterocycles. The number of rotatable bonds is 0. The van der Waals surface area contributed by atoms with Crippen LogP contribution in [-0.2, 0) is 0 Å². The number of aromatic nitrogens is 2. The van der Waals surface area contributed by atoms with Crippen molar-refractivity contribution in [3.8, 4) is 0 Å². The van der Waals surface area contributed by atoms with Crippen molar-refractivity contribution >= 4 is 5.65 Å². The zero-order chi connectivity index (χ0) is 8.55. The lowest BCUT2D eigenvalue weighted by Crippen LogP contribution is -2.14. The summed E-state index contributed by atoms with van der Waals surface area (Å²) in [5.41, 5.74) is -0.0828. The van der Waals surface area contributed by atoms with Gasteiger partial charge in [0, 0.05) is 6.20 Å². The minimum atomic E-state index is -0.744. The normalized spacial score (nSPS) is 10.4. The molecular weight excluding hydrogens is 159 g/mol. The smallest absolute Gasteiger partial charge is 0.260 e. The van der Waals surface area contributed by atoms with Crippen molar-refractivity contribution in [1.29, 1.82) is 0 Å². The molecule has 60 valence electrons. The van der Waals surface area contributed by atoms with Gasteiger partial charge in [0.2, 0.25) is 5.95 Å². The lowest BCUT2D eigenvalue weighted by atomic mass is 10.4. The van der Waals surface area contributed by atoms with E-state index >= 15 is 0 Å². The summed E-state index contributed by atoms with van der Waals surface area (Å²) in [7, 11) is 0. The molecule has 0 saturated carbocycles. The summed E-state index contributed by atoms with van der Waals surface area (Å²) in [6.45, 7) is 0. The van der Waals surface area contributed by atoms with Gasteiger partial charge in [0.15, 0.2) is 0 Å². The molecule has 3 nitrogen and oxygen atoms in total. The SMILES string of the molecule is O=c1cc(F)nc2ccccn12. The molecule has 0 spiro atoms. The van der Waals surface area contributed by atoms with Crippen LogP contribution in [0.2, 0.25) is 0 Å². The first kappa shape index (κ1) is 6.97. The Hall–Kier alpha value is -1.71. The van der Waals surface area contributed by atoms with Gasteiger partial charge >= 0.3 is 0 Å². The zero-order valence-corrected chi connectivity index (χ0v) is 6.07. The quantitative estimate of drug-likeness (QED) is 0.540. The van der Waals surface area contributed by atoms with E-state index in [0.29, 0.717) is 5.65 Å². The van der Waals surface area contributed by atoms with Crippen molar-refractivity contribution < 1.29 is 4.39 Å². The Bertz CT molecular complexity index is 478. The fourth-order valence-corrected chi connectivity index (χ4v) is 1.02. The molecule has 0 amide bonds. The van der Waals surface area contributed by atoms with Gasteiger partial charge in [0.05, 0.1) is 6.07 Å². The van der Waals surface area contributed by atoms with Crippen molar-refractivity contribution in [1.82, 2.24) is 9.38 Å². The topological polar surface area (TPSA) is 34.4 Å². The molecule has 0 bridgehead atoms. The molecule has 2 aromatic rings. The van der Waals surface area contributed by atoms with Crippen LogP contribution in [0.3, 0.4) is 0 Å². The van der Waals surface area contributed by atoms with Gasteiger partial charge in [0.1, 0.15) is 5.65 Å². The van der Waals surface area contributed by atoms with Gasteiger partial charge in [-0.25, -0.2) is 4.98 Å². The second kappa shape index (κ2) is 2.41. The molecular formula is C8H5FN2O. The van der Waals surface area contributed by atoms with E-state index in [0.717, 1.165) is 6.07 Å². The molecule has 4 heteroatoms. The third-order valence-electron chi connectivity index (χ3n) is 1.54. The Kier molecular flexibility index (Phi) is 1.40. The summed E-state index contributed by atoms with van der Waals surface area (Å²) in [5, 5.41) is 0. The Morgan fingerprint density at radius 2 is 2.25 bits per heavy atom. The maximum atomic E-state index is 12.6. The lowest BCUT2D eigenvalue weighted by Gasteiger charge is -1.96. The highest BCUT2D eigenvalue weighted by Gasteiger charge is 1.98. The van der Waals surface area contributed by atoms with Crippen LogP contribution in [0.5, 0.6) is 0 Å². The highest BCUT2D eigenvalue weighted by Crippen LogP contribution is 1.95. The summed E-state index contributed by atoms with van der Waals surface area (Å²) < 4.78 is 13.9. The van der Waals surface area contributed by atoms with Gasteiger partial charge in [-0.3, -0.25) is 9.20 Å². The minimum Gasteiger partial charge on any atom is -0.269 e. The summed E-state index contributed by atoms with van der Waals surface area (Å²) in [6.07, 6.45) is 1.55. The second-order valence-electron chi connectivity index (χ2n) is 2.35. The predicted octanol–water partition coefficient (Wildman–Crippen LogP) is 0.834. The van der Waals surface area contributed by atoms with Crippen LogP contribution < -0.4 is 5.56 Å². The number of halogens is 1. The first-order valence-electron chi connectivity index (χ1n) is 3.41. The Morgan fingerprint density at radius 3 is 3.08 bits per heavy atom. The molecule has 0 aliphatic rings. The zero-order valence-electron chi connectivity index (χ0n) is 6.07. The predicted molar refractivity (Wildman–Crippen MR) is 41.4 cm³/mol. The van der Waals surface area contributed by atoms with Crippen LogP contribution in [0.15, 0.2) is 35.3 Å². The first-order chi connectivity index (χ1) is 5.77. The van der Waals surface area contributed by atoms with Crippen LogP contribution in [0, 0.1) is 5.95 Å². The van der Waals surface area contributed by atoms with Gasteiger partial charge in [-0.1, -0.05) is 6.07 Å². The van der Waals surface area contributed by atoms with Crippen molar-refractivity contribution in [2.24, 2.45) is 0 Å². The largest absolute Gasteiger partial charge is 0.269 e. The Morgan fingerprint density at radius 1 is 1.42 bits per heavy atom. The van der Waals surface area contributed by atoms with E-state index in [1.54, 1.807) is 24.4 Å². The molecule has 2 rings (SSSR count). The maximum Gasteiger partial charge on any atom is 0.260 e.